The lowest BCUT2D eigenvalue weighted by Crippen LogP contribution is -2.55. The number of rotatable bonds is 7. The first kappa shape index (κ1) is 25.8. The highest BCUT2D eigenvalue weighted by Crippen LogP contribution is 2.39. The Labute approximate surface area is 214 Å². The molecule has 12 heteroatoms. The van der Waals surface area contributed by atoms with Crippen molar-refractivity contribution in [1.29, 1.82) is 0 Å². The average molecular weight is 545 g/mol. The molecule has 1 aromatic heterocycles. The summed E-state index contributed by atoms with van der Waals surface area (Å²) in [5.41, 5.74) is -0.846. The summed E-state index contributed by atoms with van der Waals surface area (Å²) in [5, 5.41) is 2.99. The van der Waals surface area contributed by atoms with Crippen LogP contribution in [0.1, 0.15) is 39.5 Å². The Morgan fingerprint density at radius 3 is 2.40 bits per heavy atom. The highest BCUT2D eigenvalue weighted by atomic mass is 35.5. The molecule has 1 unspecified atom stereocenters. The van der Waals surface area contributed by atoms with Crippen LogP contribution in [-0.4, -0.2) is 49.3 Å². The molecule has 2 bridgehead atoms. The Hall–Kier alpha value is -2.30. The smallest absolute Gasteiger partial charge is 0.263 e. The first-order valence-corrected chi connectivity index (χ1v) is 13.8. The van der Waals surface area contributed by atoms with Gasteiger partial charge in [0.05, 0.1) is 28.2 Å². The number of carbonyl (C=O) groups excluding carboxylic acids is 1. The van der Waals surface area contributed by atoms with Crippen LogP contribution in [0.5, 0.6) is 5.75 Å². The Morgan fingerprint density at radius 1 is 1.17 bits per heavy atom. The number of fused-ring (bicyclic) bond motifs is 2. The lowest BCUT2D eigenvalue weighted by Gasteiger charge is -2.40. The van der Waals surface area contributed by atoms with E-state index in [9.17, 15) is 17.6 Å². The number of benzene rings is 1. The van der Waals surface area contributed by atoms with E-state index in [1.807, 2.05) is 6.07 Å². The van der Waals surface area contributed by atoms with E-state index in [1.165, 1.54) is 12.3 Å². The monoisotopic (exact) mass is 544 g/mol. The van der Waals surface area contributed by atoms with Crippen molar-refractivity contribution in [3.63, 3.8) is 0 Å². The van der Waals surface area contributed by atoms with Crippen LogP contribution in [0.25, 0.3) is 0 Å². The number of aromatic nitrogens is 1. The lowest BCUT2D eigenvalue weighted by molar-refractivity contribution is -0.135. The number of pyridine rings is 1. The molecule has 2 aromatic rings. The van der Waals surface area contributed by atoms with Gasteiger partial charge in [-0.05, 0) is 57.7 Å². The molecule has 0 aliphatic carbocycles. The Morgan fingerprint density at radius 2 is 1.83 bits per heavy atom. The topological polar surface area (TPSA) is 101 Å². The van der Waals surface area contributed by atoms with Crippen LogP contribution in [0.2, 0.25) is 10.0 Å². The zero-order chi connectivity index (χ0) is 25.5. The summed E-state index contributed by atoms with van der Waals surface area (Å²) in [6.07, 6.45) is 6.04. The quantitative estimate of drug-likeness (QED) is 0.502. The SMILES string of the molecule is CC(C)(Oc1cc(Cl)c(F)cc1Cl)C(=O)NC1C[C@H]2CC[C@@H](C1)N2c1ccc(NS(C)(=O)=O)cn1. The van der Waals surface area contributed by atoms with Gasteiger partial charge in [0.2, 0.25) is 10.0 Å². The fourth-order valence-corrected chi connectivity index (χ4v) is 5.64. The summed E-state index contributed by atoms with van der Waals surface area (Å²) in [5.74, 6) is -0.0497. The van der Waals surface area contributed by atoms with Crippen molar-refractivity contribution in [2.45, 2.75) is 63.3 Å². The molecule has 2 N–H and O–H groups in total. The van der Waals surface area contributed by atoms with Gasteiger partial charge in [-0.3, -0.25) is 9.52 Å². The molecule has 3 atom stereocenters. The standard InChI is InChI=1S/C23H27Cl2FN4O4S/c1-23(2,34-20-11-17(24)19(26)10-18(20)25)22(31)28-14-8-15-5-6-16(9-14)30(15)21-7-4-13(12-27-21)29-35(3,32)33/h4,7,10-12,14-16,29H,5-6,8-9H2,1-3H3,(H,28,31)/t14?,15-,16+. The maximum atomic E-state index is 13.6. The summed E-state index contributed by atoms with van der Waals surface area (Å²) >= 11 is 11.9. The van der Waals surface area contributed by atoms with Crippen molar-refractivity contribution in [2.75, 3.05) is 15.9 Å². The van der Waals surface area contributed by atoms with Crippen molar-refractivity contribution < 1.29 is 22.3 Å². The molecule has 2 aliphatic rings. The highest BCUT2D eigenvalue weighted by Gasteiger charge is 2.43. The van der Waals surface area contributed by atoms with E-state index < -0.39 is 21.4 Å². The molecule has 0 spiro atoms. The van der Waals surface area contributed by atoms with E-state index in [1.54, 1.807) is 19.9 Å². The molecule has 8 nitrogen and oxygen atoms in total. The first-order chi connectivity index (χ1) is 16.3. The van der Waals surface area contributed by atoms with Crippen LogP contribution in [0.3, 0.4) is 0 Å². The molecule has 2 fully saturated rings. The molecule has 190 valence electrons. The number of nitrogens with zero attached hydrogens (tertiary/aromatic N) is 2. The largest absolute Gasteiger partial charge is 0.476 e. The van der Waals surface area contributed by atoms with Gasteiger partial charge in [0.15, 0.2) is 5.60 Å². The summed E-state index contributed by atoms with van der Waals surface area (Å²) in [7, 11) is -3.37. The third-order valence-electron chi connectivity index (χ3n) is 6.27. The first-order valence-electron chi connectivity index (χ1n) is 11.2. The molecule has 4 rings (SSSR count). The molecule has 2 saturated heterocycles. The second-order valence-corrected chi connectivity index (χ2v) is 12.1. The molecule has 35 heavy (non-hydrogen) atoms. The van der Waals surface area contributed by atoms with Crippen molar-refractivity contribution >= 4 is 50.6 Å². The Bertz CT molecular complexity index is 1210. The van der Waals surface area contributed by atoms with E-state index in [-0.39, 0.29) is 39.8 Å². The number of nitrogens with one attached hydrogen (secondary N) is 2. The van der Waals surface area contributed by atoms with Crippen LogP contribution in [-0.2, 0) is 14.8 Å². The summed E-state index contributed by atoms with van der Waals surface area (Å²) < 4.78 is 44.7. The summed E-state index contributed by atoms with van der Waals surface area (Å²) in [6, 6.07) is 6.19. The fraction of sp³-hybridized carbons (Fsp3) is 0.478. The second-order valence-electron chi connectivity index (χ2n) is 9.52. The minimum Gasteiger partial charge on any atom is -0.476 e. The van der Waals surface area contributed by atoms with E-state index in [2.05, 4.69) is 19.9 Å². The van der Waals surface area contributed by atoms with Crippen LogP contribution in [0.4, 0.5) is 15.9 Å². The van der Waals surface area contributed by atoms with Gasteiger partial charge in [0, 0.05) is 24.2 Å². The molecular formula is C23H27Cl2FN4O4S. The molecule has 3 heterocycles. The van der Waals surface area contributed by atoms with Gasteiger partial charge in [0.1, 0.15) is 17.4 Å². The molecule has 1 aromatic carbocycles. The second kappa shape index (κ2) is 9.63. The zero-order valence-corrected chi connectivity index (χ0v) is 21.8. The predicted octanol–water partition coefficient (Wildman–Crippen LogP) is 4.37. The van der Waals surface area contributed by atoms with Crippen molar-refractivity contribution in [2.24, 2.45) is 0 Å². The predicted molar refractivity (Wildman–Crippen MR) is 134 cm³/mol. The van der Waals surface area contributed by atoms with Crippen molar-refractivity contribution in [1.82, 2.24) is 10.3 Å². The Kier molecular flexibility index (Phi) is 7.09. The average Bonchev–Trinajstić information content (AvgIpc) is 3.01. The normalized spacial score (nSPS) is 22.1. The Balaban J connectivity index is 1.39. The third-order valence-corrected chi connectivity index (χ3v) is 7.46. The van der Waals surface area contributed by atoms with Gasteiger partial charge in [-0.25, -0.2) is 17.8 Å². The summed E-state index contributed by atoms with van der Waals surface area (Å²) in [6.45, 7) is 3.24. The van der Waals surface area contributed by atoms with Gasteiger partial charge in [-0.2, -0.15) is 0 Å². The number of carbonyl (C=O) groups is 1. The van der Waals surface area contributed by atoms with E-state index in [4.69, 9.17) is 27.9 Å². The minimum absolute atomic E-state index is 0.0318. The van der Waals surface area contributed by atoms with Gasteiger partial charge < -0.3 is 15.0 Å². The number of piperidine rings is 1. The maximum absolute atomic E-state index is 13.6. The van der Waals surface area contributed by atoms with Gasteiger partial charge in [-0.15, -0.1) is 0 Å². The molecule has 0 radical (unpaired) electrons. The van der Waals surface area contributed by atoms with Crippen LogP contribution >= 0.6 is 23.2 Å². The van der Waals surface area contributed by atoms with Crippen molar-refractivity contribution in [3.8, 4) is 5.75 Å². The zero-order valence-electron chi connectivity index (χ0n) is 19.5. The molecule has 1 amide bonds. The van der Waals surface area contributed by atoms with E-state index in [0.717, 1.165) is 43.8 Å². The van der Waals surface area contributed by atoms with Crippen molar-refractivity contribution in [3.05, 3.63) is 46.3 Å². The molecular weight excluding hydrogens is 518 g/mol. The number of hydrogen-bond donors (Lipinski definition) is 2. The van der Waals surface area contributed by atoms with Gasteiger partial charge in [-0.1, -0.05) is 23.2 Å². The van der Waals surface area contributed by atoms with Crippen LogP contribution in [0.15, 0.2) is 30.5 Å². The third kappa shape index (κ3) is 5.92. The molecule has 0 saturated carbocycles. The summed E-state index contributed by atoms with van der Waals surface area (Å²) in [4.78, 5) is 19.8. The number of halogens is 3. The molecule has 2 aliphatic heterocycles. The van der Waals surface area contributed by atoms with Gasteiger partial charge in [0.25, 0.3) is 5.91 Å². The number of hydrogen-bond acceptors (Lipinski definition) is 6. The number of ether oxygens (including phenoxy) is 1. The lowest BCUT2D eigenvalue weighted by atomic mass is 9.96. The number of sulfonamides is 1. The van der Waals surface area contributed by atoms with E-state index >= 15 is 0 Å². The minimum atomic E-state index is -3.37. The van der Waals surface area contributed by atoms with Crippen LogP contribution in [0, 0.1) is 5.82 Å². The van der Waals surface area contributed by atoms with Crippen LogP contribution < -0.4 is 19.7 Å². The highest BCUT2D eigenvalue weighted by molar-refractivity contribution is 7.92. The maximum Gasteiger partial charge on any atom is 0.263 e. The van der Waals surface area contributed by atoms with E-state index in [0.29, 0.717) is 5.69 Å². The number of amides is 1. The fourth-order valence-electron chi connectivity index (χ4n) is 4.75. The number of anilines is 2. The van der Waals surface area contributed by atoms with Gasteiger partial charge >= 0.3 is 0 Å².